The molecule has 128 valence electrons. The third-order valence-corrected chi connectivity index (χ3v) is 5.32. The minimum atomic E-state index is -3.47. The van der Waals surface area contributed by atoms with E-state index < -0.39 is 21.7 Å². The Balaban J connectivity index is 1.88. The van der Waals surface area contributed by atoms with Crippen LogP contribution in [0.25, 0.3) is 0 Å². The van der Waals surface area contributed by atoms with E-state index in [0.717, 1.165) is 6.07 Å². The summed E-state index contributed by atoms with van der Waals surface area (Å²) in [6.45, 7) is 4.24. The minimum Gasteiger partial charge on any atom is -0.373 e. The van der Waals surface area contributed by atoms with Crippen molar-refractivity contribution in [1.82, 2.24) is 9.62 Å². The summed E-state index contributed by atoms with van der Waals surface area (Å²) in [7, 11) is -3.47. The smallest absolute Gasteiger partial charge is 0.251 e. The van der Waals surface area contributed by atoms with E-state index in [9.17, 15) is 17.6 Å². The van der Waals surface area contributed by atoms with Crippen LogP contribution in [0.1, 0.15) is 24.2 Å². The van der Waals surface area contributed by atoms with Gasteiger partial charge in [-0.3, -0.25) is 4.79 Å². The number of benzene rings is 1. The van der Waals surface area contributed by atoms with Crippen molar-refractivity contribution in [3.8, 4) is 0 Å². The molecule has 0 aliphatic carbocycles. The van der Waals surface area contributed by atoms with Gasteiger partial charge in [-0.15, -0.1) is 0 Å². The van der Waals surface area contributed by atoms with Crippen molar-refractivity contribution in [3.05, 3.63) is 35.6 Å². The van der Waals surface area contributed by atoms with Gasteiger partial charge in [-0.2, -0.15) is 4.31 Å². The zero-order valence-corrected chi connectivity index (χ0v) is 14.0. The van der Waals surface area contributed by atoms with Gasteiger partial charge in [0.1, 0.15) is 5.82 Å². The number of amides is 1. The molecule has 1 aliphatic rings. The SMILES string of the molecule is C[C@H]1CN(S(=O)(=O)CCNC(=O)c2cccc(F)c2)C[C@H](C)O1. The molecule has 0 aromatic heterocycles. The molecule has 1 heterocycles. The van der Waals surface area contributed by atoms with Crippen LogP contribution in [0.5, 0.6) is 0 Å². The standard InChI is InChI=1S/C15H21FN2O4S/c1-11-9-18(10-12(2)22-11)23(20,21)7-6-17-15(19)13-4-3-5-14(16)8-13/h3-5,8,11-12H,6-7,9-10H2,1-2H3,(H,17,19)/t11-,12-/m0/s1. The lowest BCUT2D eigenvalue weighted by Gasteiger charge is -2.34. The van der Waals surface area contributed by atoms with Gasteiger partial charge in [0.05, 0.1) is 18.0 Å². The second kappa shape index (κ2) is 7.37. The van der Waals surface area contributed by atoms with Crippen molar-refractivity contribution in [3.63, 3.8) is 0 Å². The first-order chi connectivity index (χ1) is 10.8. The number of ether oxygens (including phenoxy) is 1. The highest BCUT2D eigenvalue weighted by Crippen LogP contribution is 2.14. The van der Waals surface area contributed by atoms with Gasteiger partial charge in [-0.05, 0) is 32.0 Å². The average molecular weight is 344 g/mol. The normalized spacial score (nSPS) is 22.7. The lowest BCUT2D eigenvalue weighted by atomic mass is 10.2. The molecule has 1 N–H and O–H groups in total. The predicted molar refractivity (Wildman–Crippen MR) is 84.1 cm³/mol. The van der Waals surface area contributed by atoms with Gasteiger partial charge in [-0.1, -0.05) is 6.07 Å². The van der Waals surface area contributed by atoms with Crippen molar-refractivity contribution < 1.29 is 22.3 Å². The fourth-order valence-electron chi connectivity index (χ4n) is 2.51. The molecule has 0 unspecified atom stereocenters. The molecule has 1 aliphatic heterocycles. The molecule has 1 aromatic carbocycles. The summed E-state index contributed by atoms with van der Waals surface area (Å²) in [5, 5.41) is 2.50. The maximum Gasteiger partial charge on any atom is 0.251 e. The second-order valence-electron chi connectivity index (χ2n) is 5.66. The lowest BCUT2D eigenvalue weighted by Crippen LogP contribution is -2.49. The van der Waals surface area contributed by atoms with Crippen molar-refractivity contribution in [2.45, 2.75) is 26.1 Å². The zero-order valence-electron chi connectivity index (χ0n) is 13.2. The Bertz CT molecular complexity index is 655. The average Bonchev–Trinajstić information content (AvgIpc) is 2.46. The topological polar surface area (TPSA) is 75.7 Å². The van der Waals surface area contributed by atoms with Gasteiger partial charge >= 0.3 is 0 Å². The van der Waals surface area contributed by atoms with E-state index in [1.165, 1.54) is 22.5 Å². The molecule has 8 heteroatoms. The van der Waals surface area contributed by atoms with Crippen molar-refractivity contribution >= 4 is 15.9 Å². The van der Waals surface area contributed by atoms with Crippen LogP contribution in [0, 0.1) is 5.82 Å². The number of rotatable bonds is 5. The highest BCUT2D eigenvalue weighted by Gasteiger charge is 2.30. The van der Waals surface area contributed by atoms with Gasteiger partial charge in [0.25, 0.3) is 5.91 Å². The monoisotopic (exact) mass is 344 g/mol. The highest BCUT2D eigenvalue weighted by molar-refractivity contribution is 7.89. The quantitative estimate of drug-likeness (QED) is 0.864. The van der Waals surface area contributed by atoms with E-state index in [0.29, 0.717) is 13.1 Å². The highest BCUT2D eigenvalue weighted by atomic mass is 32.2. The molecule has 1 saturated heterocycles. The molecule has 0 saturated carbocycles. The van der Waals surface area contributed by atoms with Gasteiger partial charge in [0.2, 0.25) is 10.0 Å². The van der Waals surface area contributed by atoms with Crippen LogP contribution < -0.4 is 5.32 Å². The molecular weight excluding hydrogens is 323 g/mol. The van der Waals surface area contributed by atoms with Crippen molar-refractivity contribution in [1.29, 1.82) is 0 Å². The number of hydrogen-bond donors (Lipinski definition) is 1. The molecule has 0 radical (unpaired) electrons. The largest absolute Gasteiger partial charge is 0.373 e. The van der Waals surface area contributed by atoms with Gasteiger partial charge in [0.15, 0.2) is 0 Å². The summed E-state index contributed by atoms with van der Waals surface area (Å²) < 4.78 is 44.6. The predicted octanol–water partition coefficient (Wildman–Crippen LogP) is 0.994. The first-order valence-electron chi connectivity index (χ1n) is 7.45. The fourth-order valence-corrected chi connectivity index (χ4v) is 4.00. The number of nitrogens with zero attached hydrogens (tertiary/aromatic N) is 1. The third kappa shape index (κ3) is 4.98. The second-order valence-corrected chi connectivity index (χ2v) is 7.75. The van der Waals surface area contributed by atoms with Crippen LogP contribution >= 0.6 is 0 Å². The van der Waals surface area contributed by atoms with E-state index >= 15 is 0 Å². The van der Waals surface area contributed by atoms with Gasteiger partial charge in [-0.25, -0.2) is 12.8 Å². The number of hydrogen-bond acceptors (Lipinski definition) is 4. The first-order valence-corrected chi connectivity index (χ1v) is 9.06. The van der Waals surface area contributed by atoms with Crippen LogP contribution in [0.2, 0.25) is 0 Å². The number of morpholine rings is 1. The Kier molecular flexibility index (Phi) is 5.72. The minimum absolute atomic E-state index is 0.0300. The van der Waals surface area contributed by atoms with Crippen molar-refractivity contribution in [2.75, 3.05) is 25.4 Å². The van der Waals surface area contributed by atoms with E-state index in [1.807, 2.05) is 13.8 Å². The Hall–Kier alpha value is -1.51. The number of sulfonamides is 1. The molecule has 1 aromatic rings. The number of nitrogens with one attached hydrogen (secondary N) is 1. The third-order valence-electron chi connectivity index (χ3n) is 3.51. The van der Waals surface area contributed by atoms with E-state index in [1.54, 1.807) is 0 Å². The molecular formula is C15H21FN2O4S. The fraction of sp³-hybridized carbons (Fsp3) is 0.533. The lowest BCUT2D eigenvalue weighted by molar-refractivity contribution is -0.0440. The van der Waals surface area contributed by atoms with Crippen LogP contribution in [-0.4, -0.2) is 56.2 Å². The molecule has 1 fully saturated rings. The number of carbonyl (C=O) groups excluding carboxylic acids is 1. The summed E-state index contributed by atoms with van der Waals surface area (Å²) in [6, 6.07) is 5.24. The van der Waals surface area contributed by atoms with Gasteiger partial charge in [0, 0.05) is 25.2 Å². The summed E-state index contributed by atoms with van der Waals surface area (Å²) in [4.78, 5) is 11.9. The maximum atomic E-state index is 13.1. The number of carbonyl (C=O) groups is 1. The van der Waals surface area contributed by atoms with Crippen LogP contribution in [0.15, 0.2) is 24.3 Å². The van der Waals surface area contributed by atoms with Crippen molar-refractivity contribution in [2.24, 2.45) is 0 Å². The molecule has 23 heavy (non-hydrogen) atoms. The molecule has 0 spiro atoms. The van der Waals surface area contributed by atoms with Crippen LogP contribution in [-0.2, 0) is 14.8 Å². The summed E-state index contributed by atoms with van der Waals surface area (Å²) in [5.74, 6) is -1.21. The summed E-state index contributed by atoms with van der Waals surface area (Å²) >= 11 is 0. The Morgan fingerprint density at radius 1 is 1.35 bits per heavy atom. The Labute approximate surface area is 135 Å². The molecule has 1 amide bonds. The molecule has 2 rings (SSSR count). The zero-order chi connectivity index (χ0) is 17.0. The van der Waals surface area contributed by atoms with E-state index in [4.69, 9.17) is 4.74 Å². The Morgan fingerprint density at radius 3 is 2.61 bits per heavy atom. The maximum absolute atomic E-state index is 13.1. The summed E-state index contributed by atoms with van der Waals surface area (Å²) in [6.07, 6.45) is -0.314. The van der Waals surface area contributed by atoms with Crippen LogP contribution in [0.3, 0.4) is 0 Å². The molecule has 6 nitrogen and oxygen atoms in total. The van der Waals surface area contributed by atoms with E-state index in [-0.39, 0.29) is 30.1 Å². The van der Waals surface area contributed by atoms with E-state index in [2.05, 4.69) is 5.32 Å². The molecule has 2 atom stereocenters. The van der Waals surface area contributed by atoms with Crippen LogP contribution in [0.4, 0.5) is 4.39 Å². The first kappa shape index (κ1) is 17.8. The Morgan fingerprint density at radius 2 is 2.00 bits per heavy atom. The number of halogens is 1. The summed E-state index contributed by atoms with van der Waals surface area (Å²) in [5.41, 5.74) is 0.163. The molecule has 0 bridgehead atoms. The van der Waals surface area contributed by atoms with Gasteiger partial charge < -0.3 is 10.1 Å².